The van der Waals surface area contributed by atoms with Gasteiger partial charge >= 0.3 is 5.97 Å². The van der Waals surface area contributed by atoms with Crippen LogP contribution < -0.4 is 5.32 Å². The van der Waals surface area contributed by atoms with Crippen molar-refractivity contribution < 1.29 is 19.1 Å². The van der Waals surface area contributed by atoms with Crippen molar-refractivity contribution >= 4 is 35.2 Å². The molecule has 7 nitrogen and oxygen atoms in total. The molecule has 8 heteroatoms. The Morgan fingerprint density at radius 3 is 3.00 bits per heavy atom. The highest BCUT2D eigenvalue weighted by atomic mass is 32.2. The predicted molar refractivity (Wildman–Crippen MR) is 88.7 cm³/mol. The summed E-state index contributed by atoms with van der Waals surface area (Å²) in [6.45, 7) is 1.70. The fourth-order valence-corrected chi connectivity index (χ4v) is 2.92. The van der Waals surface area contributed by atoms with Crippen LogP contribution >= 0.6 is 11.8 Å². The number of nitriles is 1. The van der Waals surface area contributed by atoms with Crippen LogP contribution in [0.25, 0.3) is 0 Å². The van der Waals surface area contributed by atoms with Crippen molar-refractivity contribution in [3.8, 4) is 6.07 Å². The fourth-order valence-electron chi connectivity index (χ4n) is 2.00. The standard InChI is InChI=1S/C16H15N3O4S/c1-2-23-16(22)7-15-19(14(21)10-24-15)9-13(20)18-12-5-3-4-11(6-12)8-17/h3-7H,2,9-10H2,1H3,(H,18,20)/b15-7-. The summed E-state index contributed by atoms with van der Waals surface area (Å²) in [7, 11) is 0. The molecule has 0 saturated carbocycles. The van der Waals surface area contributed by atoms with Crippen LogP contribution in [0.15, 0.2) is 35.4 Å². The zero-order chi connectivity index (χ0) is 17.5. The first-order valence-electron chi connectivity index (χ1n) is 7.15. The van der Waals surface area contributed by atoms with Crippen LogP contribution in [0.3, 0.4) is 0 Å². The van der Waals surface area contributed by atoms with Gasteiger partial charge in [-0.05, 0) is 25.1 Å². The second-order valence-electron chi connectivity index (χ2n) is 4.74. The first-order chi connectivity index (χ1) is 11.5. The number of rotatable bonds is 5. The molecule has 2 amide bonds. The van der Waals surface area contributed by atoms with E-state index < -0.39 is 11.9 Å². The molecule has 124 valence electrons. The van der Waals surface area contributed by atoms with Crippen molar-refractivity contribution in [1.29, 1.82) is 5.26 Å². The normalized spacial score (nSPS) is 15.2. The number of benzene rings is 1. The van der Waals surface area contributed by atoms with E-state index in [9.17, 15) is 14.4 Å². The summed E-state index contributed by atoms with van der Waals surface area (Å²) < 4.78 is 4.82. The van der Waals surface area contributed by atoms with E-state index in [2.05, 4.69) is 5.32 Å². The number of hydrogen-bond donors (Lipinski definition) is 1. The number of nitrogens with one attached hydrogen (secondary N) is 1. The second kappa shape index (κ2) is 8.17. The lowest BCUT2D eigenvalue weighted by molar-refractivity contribution is -0.137. The maximum absolute atomic E-state index is 12.1. The lowest BCUT2D eigenvalue weighted by Gasteiger charge is -2.16. The topological polar surface area (TPSA) is 99.5 Å². The molecule has 0 spiro atoms. The Morgan fingerprint density at radius 1 is 1.50 bits per heavy atom. The predicted octanol–water partition coefficient (Wildman–Crippen LogP) is 1.48. The minimum absolute atomic E-state index is 0.169. The van der Waals surface area contributed by atoms with Gasteiger partial charge in [-0.1, -0.05) is 17.8 Å². The Morgan fingerprint density at radius 2 is 2.29 bits per heavy atom. The number of thioether (sulfide) groups is 1. The zero-order valence-electron chi connectivity index (χ0n) is 12.9. The third kappa shape index (κ3) is 4.60. The Labute approximate surface area is 143 Å². The molecule has 1 saturated heterocycles. The van der Waals surface area contributed by atoms with Crippen LogP contribution in [0.2, 0.25) is 0 Å². The molecule has 1 aliphatic rings. The molecule has 1 aromatic carbocycles. The maximum Gasteiger partial charge on any atom is 0.333 e. The Bertz CT molecular complexity index is 739. The zero-order valence-corrected chi connectivity index (χ0v) is 13.8. The SMILES string of the molecule is CCOC(=O)/C=C1\SCC(=O)N1CC(=O)Nc1cccc(C#N)c1. The molecule has 24 heavy (non-hydrogen) atoms. The molecule has 0 aromatic heterocycles. The number of nitrogens with zero attached hydrogens (tertiary/aromatic N) is 2. The number of carbonyl (C=O) groups excluding carboxylic acids is 3. The quantitative estimate of drug-likeness (QED) is 0.641. The van der Waals surface area contributed by atoms with E-state index in [0.29, 0.717) is 16.3 Å². The maximum atomic E-state index is 12.1. The number of hydrogen-bond acceptors (Lipinski definition) is 6. The minimum atomic E-state index is -0.554. The third-order valence-corrected chi connectivity index (χ3v) is 4.04. The summed E-state index contributed by atoms with van der Waals surface area (Å²) in [6, 6.07) is 8.44. The molecule has 1 N–H and O–H groups in total. The van der Waals surface area contributed by atoms with E-state index >= 15 is 0 Å². The van der Waals surface area contributed by atoms with Crippen LogP contribution in [0, 0.1) is 11.3 Å². The van der Waals surface area contributed by atoms with Crippen molar-refractivity contribution in [2.24, 2.45) is 0 Å². The molecular weight excluding hydrogens is 330 g/mol. The van der Waals surface area contributed by atoms with E-state index in [-0.39, 0.29) is 24.8 Å². The van der Waals surface area contributed by atoms with Gasteiger partial charge in [0.25, 0.3) is 0 Å². The highest BCUT2D eigenvalue weighted by Gasteiger charge is 2.29. The van der Waals surface area contributed by atoms with Gasteiger partial charge in [0.05, 0.1) is 35.1 Å². The van der Waals surface area contributed by atoms with Crippen LogP contribution in [-0.4, -0.2) is 41.6 Å². The van der Waals surface area contributed by atoms with E-state index in [4.69, 9.17) is 10.00 Å². The van der Waals surface area contributed by atoms with Gasteiger partial charge in [-0.25, -0.2) is 4.79 Å². The monoisotopic (exact) mass is 345 g/mol. The summed E-state index contributed by atoms with van der Waals surface area (Å²) in [6.07, 6.45) is 1.21. The van der Waals surface area contributed by atoms with E-state index in [1.54, 1.807) is 25.1 Å². The number of amides is 2. The second-order valence-corrected chi connectivity index (χ2v) is 5.74. The smallest absolute Gasteiger partial charge is 0.333 e. The summed E-state index contributed by atoms with van der Waals surface area (Å²) in [4.78, 5) is 36.8. The molecule has 1 aromatic rings. The van der Waals surface area contributed by atoms with Gasteiger partial charge in [-0.15, -0.1) is 0 Å². The molecule has 2 rings (SSSR count). The van der Waals surface area contributed by atoms with Gasteiger partial charge in [-0.3, -0.25) is 14.5 Å². The summed E-state index contributed by atoms with van der Waals surface area (Å²) >= 11 is 1.18. The van der Waals surface area contributed by atoms with Crippen molar-refractivity contribution in [3.05, 3.63) is 40.9 Å². The van der Waals surface area contributed by atoms with Crippen LogP contribution in [0.1, 0.15) is 12.5 Å². The highest BCUT2D eigenvalue weighted by molar-refractivity contribution is 8.04. The van der Waals surface area contributed by atoms with Gasteiger partial charge in [0.1, 0.15) is 6.54 Å². The fraction of sp³-hybridized carbons (Fsp3) is 0.250. The van der Waals surface area contributed by atoms with Crippen LogP contribution in [-0.2, 0) is 19.1 Å². The van der Waals surface area contributed by atoms with Crippen molar-refractivity contribution in [2.45, 2.75) is 6.92 Å². The summed E-state index contributed by atoms with van der Waals surface area (Å²) in [5.41, 5.74) is 0.887. The lowest BCUT2D eigenvalue weighted by Crippen LogP contribution is -2.34. The van der Waals surface area contributed by atoms with Crippen LogP contribution in [0.5, 0.6) is 0 Å². The van der Waals surface area contributed by atoms with E-state index in [0.717, 1.165) is 0 Å². The van der Waals surface area contributed by atoms with Crippen LogP contribution in [0.4, 0.5) is 5.69 Å². The molecule has 1 aliphatic heterocycles. The van der Waals surface area contributed by atoms with Gasteiger partial charge in [0.15, 0.2) is 0 Å². The average Bonchev–Trinajstić information content (AvgIpc) is 2.88. The van der Waals surface area contributed by atoms with Gasteiger partial charge < -0.3 is 10.1 Å². The Balaban J connectivity index is 2.04. The van der Waals surface area contributed by atoms with Crippen molar-refractivity contribution in [2.75, 3.05) is 24.2 Å². The first kappa shape index (κ1) is 17.6. The molecular formula is C16H15N3O4S. The van der Waals surface area contributed by atoms with E-state index in [1.807, 2.05) is 6.07 Å². The molecule has 0 bridgehead atoms. The number of ether oxygens (including phenoxy) is 1. The Hall–Kier alpha value is -2.79. The summed E-state index contributed by atoms with van der Waals surface area (Å²) in [5.74, 6) is -1.06. The minimum Gasteiger partial charge on any atom is -0.463 e. The molecule has 0 atom stereocenters. The highest BCUT2D eigenvalue weighted by Crippen LogP contribution is 2.28. The largest absolute Gasteiger partial charge is 0.463 e. The van der Waals surface area contributed by atoms with Gasteiger partial charge in [0.2, 0.25) is 11.8 Å². The van der Waals surface area contributed by atoms with E-state index in [1.165, 1.54) is 28.8 Å². The van der Waals surface area contributed by atoms with Gasteiger partial charge in [0, 0.05) is 5.69 Å². The molecule has 0 radical (unpaired) electrons. The lowest BCUT2D eigenvalue weighted by atomic mass is 10.2. The molecule has 1 heterocycles. The number of carbonyl (C=O) groups is 3. The number of anilines is 1. The Kier molecular flexibility index (Phi) is 5.98. The number of esters is 1. The molecule has 1 fully saturated rings. The van der Waals surface area contributed by atoms with Crippen molar-refractivity contribution in [3.63, 3.8) is 0 Å². The first-order valence-corrected chi connectivity index (χ1v) is 8.13. The van der Waals surface area contributed by atoms with Crippen molar-refractivity contribution in [1.82, 2.24) is 4.90 Å². The molecule has 0 unspecified atom stereocenters. The third-order valence-electron chi connectivity index (χ3n) is 3.02. The van der Waals surface area contributed by atoms with Gasteiger partial charge in [-0.2, -0.15) is 5.26 Å². The molecule has 0 aliphatic carbocycles. The average molecular weight is 345 g/mol. The summed E-state index contributed by atoms with van der Waals surface area (Å²) in [5, 5.41) is 11.9.